The molecule has 0 aromatic heterocycles. The van der Waals surface area contributed by atoms with Crippen LogP contribution in [-0.2, 0) is 16.0 Å². The summed E-state index contributed by atoms with van der Waals surface area (Å²) < 4.78 is 19.1. The molecule has 140 valence electrons. The van der Waals surface area contributed by atoms with Crippen molar-refractivity contribution >= 4 is 23.2 Å². The molecule has 0 bridgehead atoms. The molecule has 2 aliphatic heterocycles. The molecule has 0 radical (unpaired) electrons. The number of benzene rings is 2. The Balaban J connectivity index is 1.51. The van der Waals surface area contributed by atoms with Crippen LogP contribution in [0.1, 0.15) is 25.3 Å². The number of hydrogen-bond acceptors (Lipinski definition) is 3. The normalized spacial score (nSPS) is 18.6. The summed E-state index contributed by atoms with van der Waals surface area (Å²) in [6, 6.07) is 11.9. The number of anilines is 2. The van der Waals surface area contributed by atoms with Crippen molar-refractivity contribution in [3.63, 3.8) is 0 Å². The molecule has 6 heteroatoms. The molecular weight excluding hydrogens is 347 g/mol. The predicted molar refractivity (Wildman–Crippen MR) is 101 cm³/mol. The smallest absolute Gasteiger partial charge is 0.267 e. The topological polar surface area (TPSA) is 49.9 Å². The summed E-state index contributed by atoms with van der Waals surface area (Å²) in [6.45, 7) is 2.61. The van der Waals surface area contributed by atoms with Crippen LogP contribution in [0.15, 0.2) is 42.5 Å². The SMILES string of the molecule is CC1Oc2ccccc2N(CCC(=O)N2CCCc3cc(F)ccc32)C1=O. The van der Waals surface area contributed by atoms with Gasteiger partial charge in [-0.15, -0.1) is 0 Å². The van der Waals surface area contributed by atoms with Crippen LogP contribution < -0.4 is 14.5 Å². The van der Waals surface area contributed by atoms with Gasteiger partial charge in [-0.25, -0.2) is 4.39 Å². The Morgan fingerprint density at radius 2 is 2.04 bits per heavy atom. The molecule has 0 N–H and O–H groups in total. The number of amides is 2. The van der Waals surface area contributed by atoms with Crippen LogP contribution in [0.4, 0.5) is 15.8 Å². The molecule has 2 aromatic rings. The van der Waals surface area contributed by atoms with E-state index in [0.29, 0.717) is 18.0 Å². The Morgan fingerprint density at radius 3 is 2.89 bits per heavy atom. The zero-order valence-corrected chi connectivity index (χ0v) is 15.2. The summed E-state index contributed by atoms with van der Waals surface area (Å²) in [5.74, 6) is 0.151. The molecule has 0 saturated heterocycles. The van der Waals surface area contributed by atoms with Gasteiger partial charge in [0.25, 0.3) is 5.91 Å². The fraction of sp³-hybridized carbons (Fsp3) is 0.333. The van der Waals surface area contributed by atoms with Gasteiger partial charge in [-0.2, -0.15) is 0 Å². The van der Waals surface area contributed by atoms with E-state index < -0.39 is 6.10 Å². The third-order valence-corrected chi connectivity index (χ3v) is 5.08. The minimum absolute atomic E-state index is 0.0630. The first kappa shape index (κ1) is 17.5. The van der Waals surface area contributed by atoms with E-state index in [1.165, 1.54) is 12.1 Å². The third kappa shape index (κ3) is 3.27. The maximum absolute atomic E-state index is 13.5. The molecule has 2 heterocycles. The Hall–Kier alpha value is -2.89. The summed E-state index contributed by atoms with van der Waals surface area (Å²) in [5, 5.41) is 0. The van der Waals surface area contributed by atoms with Gasteiger partial charge in [0.1, 0.15) is 11.6 Å². The van der Waals surface area contributed by atoms with Crippen LogP contribution in [0, 0.1) is 5.82 Å². The van der Waals surface area contributed by atoms with Crippen molar-refractivity contribution in [2.24, 2.45) is 0 Å². The van der Waals surface area contributed by atoms with E-state index in [9.17, 15) is 14.0 Å². The van der Waals surface area contributed by atoms with Crippen LogP contribution in [0.2, 0.25) is 0 Å². The summed E-state index contributed by atoms with van der Waals surface area (Å²) in [5.41, 5.74) is 2.32. The summed E-state index contributed by atoms with van der Waals surface area (Å²) in [4.78, 5) is 28.7. The molecule has 0 saturated carbocycles. The maximum atomic E-state index is 13.5. The largest absolute Gasteiger partial charge is 0.479 e. The molecule has 4 rings (SSSR count). The summed E-state index contributed by atoms with van der Waals surface area (Å²) in [6.07, 6.45) is 1.19. The molecule has 0 fully saturated rings. The number of hydrogen-bond donors (Lipinski definition) is 0. The lowest BCUT2D eigenvalue weighted by Gasteiger charge is -2.34. The number of nitrogens with zero attached hydrogens (tertiary/aromatic N) is 2. The standard InChI is InChI=1S/C21H21FN2O3/c1-14-21(26)24(18-6-2-3-7-19(18)27-14)12-10-20(25)23-11-4-5-15-13-16(22)8-9-17(15)23/h2-3,6-9,13-14H,4-5,10-12H2,1H3. The van der Waals surface area contributed by atoms with Crippen LogP contribution in [0.25, 0.3) is 0 Å². The van der Waals surface area contributed by atoms with E-state index in [0.717, 1.165) is 24.1 Å². The van der Waals surface area contributed by atoms with Gasteiger partial charge in [-0.3, -0.25) is 9.59 Å². The Kier molecular flexibility index (Phi) is 4.56. The van der Waals surface area contributed by atoms with E-state index in [2.05, 4.69) is 0 Å². The zero-order chi connectivity index (χ0) is 19.0. The molecule has 0 aliphatic carbocycles. The third-order valence-electron chi connectivity index (χ3n) is 5.08. The van der Waals surface area contributed by atoms with Crippen molar-refractivity contribution in [1.29, 1.82) is 0 Å². The zero-order valence-electron chi connectivity index (χ0n) is 15.2. The van der Waals surface area contributed by atoms with Crippen molar-refractivity contribution < 1.29 is 18.7 Å². The van der Waals surface area contributed by atoms with Gasteiger partial charge in [0, 0.05) is 25.2 Å². The molecule has 0 spiro atoms. The summed E-state index contributed by atoms with van der Waals surface area (Å²) in [7, 11) is 0. The number of rotatable bonds is 3. The lowest BCUT2D eigenvalue weighted by Crippen LogP contribution is -2.46. The second-order valence-electron chi connectivity index (χ2n) is 6.89. The predicted octanol–water partition coefficient (Wildman–Crippen LogP) is 3.31. The van der Waals surface area contributed by atoms with Crippen molar-refractivity contribution in [2.75, 3.05) is 22.9 Å². The highest BCUT2D eigenvalue weighted by atomic mass is 19.1. The van der Waals surface area contributed by atoms with Gasteiger partial charge >= 0.3 is 0 Å². The average molecular weight is 368 g/mol. The van der Waals surface area contributed by atoms with Gasteiger partial charge in [0.15, 0.2) is 6.10 Å². The minimum Gasteiger partial charge on any atom is -0.479 e. The fourth-order valence-corrected chi connectivity index (χ4v) is 3.76. The van der Waals surface area contributed by atoms with E-state index in [-0.39, 0.29) is 30.6 Å². The van der Waals surface area contributed by atoms with Crippen molar-refractivity contribution in [3.8, 4) is 5.75 Å². The van der Waals surface area contributed by atoms with Gasteiger partial charge in [-0.1, -0.05) is 12.1 Å². The van der Waals surface area contributed by atoms with Gasteiger partial charge < -0.3 is 14.5 Å². The quantitative estimate of drug-likeness (QED) is 0.835. The number of carbonyl (C=O) groups excluding carboxylic acids is 2. The van der Waals surface area contributed by atoms with Crippen LogP contribution in [0.5, 0.6) is 5.75 Å². The molecule has 2 aliphatic rings. The van der Waals surface area contributed by atoms with Crippen LogP contribution in [-0.4, -0.2) is 31.0 Å². The van der Waals surface area contributed by atoms with Crippen molar-refractivity contribution in [1.82, 2.24) is 0 Å². The number of halogens is 1. The van der Waals surface area contributed by atoms with E-state index in [4.69, 9.17) is 4.74 Å². The molecular formula is C21H21FN2O3. The lowest BCUT2D eigenvalue weighted by atomic mass is 10.0. The van der Waals surface area contributed by atoms with Crippen LogP contribution >= 0.6 is 0 Å². The Morgan fingerprint density at radius 1 is 1.22 bits per heavy atom. The van der Waals surface area contributed by atoms with Gasteiger partial charge in [0.2, 0.25) is 5.91 Å². The van der Waals surface area contributed by atoms with Crippen LogP contribution in [0.3, 0.4) is 0 Å². The fourth-order valence-electron chi connectivity index (χ4n) is 3.76. The minimum atomic E-state index is -0.575. The number of carbonyl (C=O) groups is 2. The molecule has 27 heavy (non-hydrogen) atoms. The highest BCUT2D eigenvalue weighted by molar-refractivity contribution is 6.01. The average Bonchev–Trinajstić information content (AvgIpc) is 2.67. The van der Waals surface area contributed by atoms with Gasteiger partial charge in [-0.05, 0) is 55.7 Å². The number of fused-ring (bicyclic) bond motifs is 2. The van der Waals surface area contributed by atoms with Crippen molar-refractivity contribution in [2.45, 2.75) is 32.3 Å². The monoisotopic (exact) mass is 368 g/mol. The Bertz CT molecular complexity index is 899. The molecule has 1 atom stereocenters. The molecule has 2 amide bonds. The summed E-state index contributed by atoms with van der Waals surface area (Å²) >= 11 is 0. The number of para-hydroxylation sites is 2. The second-order valence-corrected chi connectivity index (χ2v) is 6.89. The van der Waals surface area contributed by atoms with Crippen molar-refractivity contribution in [3.05, 3.63) is 53.8 Å². The Labute approximate surface area is 157 Å². The maximum Gasteiger partial charge on any atom is 0.267 e. The lowest BCUT2D eigenvalue weighted by molar-refractivity contribution is -0.125. The highest BCUT2D eigenvalue weighted by Crippen LogP contribution is 2.34. The molecule has 2 aromatic carbocycles. The van der Waals surface area contributed by atoms with E-state index in [1.807, 2.05) is 24.3 Å². The second kappa shape index (κ2) is 7.02. The number of aryl methyl sites for hydroxylation is 1. The molecule has 5 nitrogen and oxygen atoms in total. The van der Waals surface area contributed by atoms with E-state index in [1.54, 1.807) is 22.8 Å². The first-order valence-electron chi connectivity index (χ1n) is 9.20. The highest BCUT2D eigenvalue weighted by Gasteiger charge is 2.32. The number of ether oxygens (including phenoxy) is 1. The molecule has 1 unspecified atom stereocenters. The van der Waals surface area contributed by atoms with E-state index >= 15 is 0 Å². The first-order chi connectivity index (χ1) is 13.0. The van der Waals surface area contributed by atoms with Gasteiger partial charge in [0.05, 0.1) is 5.69 Å². The first-order valence-corrected chi connectivity index (χ1v) is 9.20.